The van der Waals surface area contributed by atoms with E-state index in [9.17, 15) is 4.79 Å². The zero-order chi connectivity index (χ0) is 14.8. The molecule has 3 nitrogen and oxygen atoms in total. The lowest BCUT2D eigenvalue weighted by Gasteiger charge is -2.27. The standard InChI is InChI=1S/C17H25NO2/c1-17(2,3)14-8-9-18(11-14)12-16(19)13-6-5-7-15(10-13)20-4/h5-7,10,14H,8-9,11-12H2,1-4H3. The lowest BCUT2D eigenvalue weighted by molar-refractivity contribution is 0.0937. The van der Waals surface area contributed by atoms with Crippen molar-refractivity contribution >= 4 is 5.78 Å². The van der Waals surface area contributed by atoms with Crippen molar-refractivity contribution < 1.29 is 9.53 Å². The molecule has 1 aromatic rings. The van der Waals surface area contributed by atoms with Gasteiger partial charge in [-0.1, -0.05) is 32.9 Å². The number of Topliss-reactive ketones (excluding diaryl/α,β-unsaturated/α-hetero) is 1. The van der Waals surface area contributed by atoms with E-state index in [0.717, 1.165) is 24.4 Å². The normalized spacial score (nSPS) is 20.1. The molecule has 0 spiro atoms. The zero-order valence-corrected chi connectivity index (χ0v) is 13.0. The number of carbonyl (C=O) groups is 1. The van der Waals surface area contributed by atoms with Crippen LogP contribution in [-0.2, 0) is 0 Å². The molecule has 0 radical (unpaired) electrons. The van der Waals surface area contributed by atoms with E-state index in [0.29, 0.717) is 17.9 Å². The first-order valence-corrected chi connectivity index (χ1v) is 7.30. The summed E-state index contributed by atoms with van der Waals surface area (Å²) in [6, 6.07) is 7.41. The first-order valence-electron chi connectivity index (χ1n) is 7.30. The fraction of sp³-hybridized carbons (Fsp3) is 0.588. The largest absolute Gasteiger partial charge is 0.497 e. The second-order valence-electron chi connectivity index (χ2n) is 6.74. The van der Waals surface area contributed by atoms with Crippen molar-refractivity contribution in [3.8, 4) is 5.75 Å². The Morgan fingerprint density at radius 1 is 1.40 bits per heavy atom. The highest BCUT2D eigenvalue weighted by Gasteiger charge is 2.32. The maximum Gasteiger partial charge on any atom is 0.176 e. The summed E-state index contributed by atoms with van der Waals surface area (Å²) in [5.41, 5.74) is 1.07. The third kappa shape index (κ3) is 3.60. The first kappa shape index (κ1) is 15.0. The number of benzene rings is 1. The Morgan fingerprint density at radius 2 is 2.15 bits per heavy atom. The lowest BCUT2D eigenvalue weighted by atomic mass is 9.80. The van der Waals surface area contributed by atoms with Gasteiger partial charge in [-0.2, -0.15) is 0 Å². The highest BCUT2D eigenvalue weighted by Crippen LogP contribution is 2.33. The van der Waals surface area contributed by atoms with Crippen LogP contribution in [0, 0.1) is 11.3 Å². The van der Waals surface area contributed by atoms with Crippen LogP contribution in [0.4, 0.5) is 0 Å². The summed E-state index contributed by atoms with van der Waals surface area (Å²) in [7, 11) is 1.62. The molecule has 0 saturated carbocycles. The minimum Gasteiger partial charge on any atom is -0.497 e. The van der Waals surface area contributed by atoms with Crippen molar-refractivity contribution in [1.29, 1.82) is 0 Å². The van der Waals surface area contributed by atoms with Crippen LogP contribution in [0.5, 0.6) is 5.75 Å². The van der Waals surface area contributed by atoms with Gasteiger partial charge in [0.05, 0.1) is 13.7 Å². The zero-order valence-electron chi connectivity index (χ0n) is 13.0. The van der Waals surface area contributed by atoms with E-state index in [1.54, 1.807) is 7.11 Å². The van der Waals surface area contributed by atoms with Crippen LogP contribution in [0.1, 0.15) is 37.6 Å². The second kappa shape index (κ2) is 5.96. The number of ether oxygens (including phenoxy) is 1. The Morgan fingerprint density at radius 3 is 2.75 bits per heavy atom. The Bertz CT molecular complexity index is 476. The number of likely N-dealkylation sites (tertiary alicyclic amines) is 1. The van der Waals surface area contributed by atoms with Gasteiger partial charge in [0, 0.05) is 12.1 Å². The van der Waals surface area contributed by atoms with Crippen molar-refractivity contribution in [2.24, 2.45) is 11.3 Å². The Labute approximate surface area is 121 Å². The fourth-order valence-electron chi connectivity index (χ4n) is 2.77. The minimum atomic E-state index is 0.179. The maximum atomic E-state index is 12.3. The SMILES string of the molecule is COc1cccc(C(=O)CN2CCC(C(C)(C)C)C2)c1. The molecule has 20 heavy (non-hydrogen) atoms. The molecule has 1 saturated heterocycles. The van der Waals surface area contributed by atoms with Gasteiger partial charge in [0.15, 0.2) is 5.78 Å². The molecule has 110 valence electrons. The summed E-state index contributed by atoms with van der Waals surface area (Å²) in [4.78, 5) is 14.6. The molecule has 0 amide bonds. The molecule has 1 aliphatic rings. The van der Waals surface area contributed by atoms with E-state index >= 15 is 0 Å². The van der Waals surface area contributed by atoms with Crippen LogP contribution in [0.3, 0.4) is 0 Å². The molecule has 0 aliphatic carbocycles. The van der Waals surface area contributed by atoms with Crippen LogP contribution in [0.25, 0.3) is 0 Å². The van der Waals surface area contributed by atoms with Gasteiger partial charge in [-0.05, 0) is 36.4 Å². The molecule has 1 aromatic carbocycles. The minimum absolute atomic E-state index is 0.179. The molecule has 0 aromatic heterocycles. The second-order valence-corrected chi connectivity index (χ2v) is 6.74. The van der Waals surface area contributed by atoms with Gasteiger partial charge in [0.2, 0.25) is 0 Å². The first-order chi connectivity index (χ1) is 9.40. The molecular weight excluding hydrogens is 250 g/mol. The van der Waals surface area contributed by atoms with Crippen molar-refractivity contribution in [1.82, 2.24) is 4.90 Å². The summed E-state index contributed by atoms with van der Waals surface area (Å²) in [5, 5.41) is 0. The van der Waals surface area contributed by atoms with Gasteiger partial charge in [-0.25, -0.2) is 0 Å². The average molecular weight is 275 g/mol. The third-order valence-corrected chi connectivity index (χ3v) is 4.26. The van der Waals surface area contributed by atoms with Gasteiger partial charge in [-0.15, -0.1) is 0 Å². The number of hydrogen-bond acceptors (Lipinski definition) is 3. The van der Waals surface area contributed by atoms with Crippen LogP contribution >= 0.6 is 0 Å². The Kier molecular flexibility index (Phi) is 4.48. The molecule has 3 heteroatoms. The van der Waals surface area contributed by atoms with Gasteiger partial charge in [0.25, 0.3) is 0 Å². The Balaban J connectivity index is 1.95. The molecule has 1 heterocycles. The van der Waals surface area contributed by atoms with Gasteiger partial charge >= 0.3 is 0 Å². The molecule has 0 bridgehead atoms. The smallest absolute Gasteiger partial charge is 0.176 e. The predicted octanol–water partition coefficient (Wildman–Crippen LogP) is 3.25. The van der Waals surface area contributed by atoms with Crippen LogP contribution < -0.4 is 4.74 Å². The van der Waals surface area contributed by atoms with Crippen molar-refractivity contribution in [2.75, 3.05) is 26.7 Å². The van der Waals surface area contributed by atoms with Crippen molar-refractivity contribution in [2.45, 2.75) is 27.2 Å². The highest BCUT2D eigenvalue weighted by atomic mass is 16.5. The Hall–Kier alpha value is -1.35. The fourth-order valence-corrected chi connectivity index (χ4v) is 2.77. The third-order valence-electron chi connectivity index (χ3n) is 4.26. The highest BCUT2D eigenvalue weighted by molar-refractivity contribution is 5.97. The van der Waals surface area contributed by atoms with E-state index < -0.39 is 0 Å². The van der Waals surface area contributed by atoms with E-state index in [4.69, 9.17) is 4.74 Å². The molecule has 1 aliphatic heterocycles. The monoisotopic (exact) mass is 275 g/mol. The average Bonchev–Trinajstić information content (AvgIpc) is 2.87. The number of methoxy groups -OCH3 is 1. The molecule has 1 atom stereocenters. The summed E-state index contributed by atoms with van der Waals surface area (Å²) in [6.45, 7) is 9.41. The van der Waals surface area contributed by atoms with Crippen LogP contribution in [0.2, 0.25) is 0 Å². The van der Waals surface area contributed by atoms with Gasteiger partial charge < -0.3 is 4.74 Å². The number of ketones is 1. The van der Waals surface area contributed by atoms with E-state index in [1.807, 2.05) is 24.3 Å². The summed E-state index contributed by atoms with van der Waals surface area (Å²) in [5.74, 6) is 1.60. The van der Waals surface area contributed by atoms with Crippen molar-refractivity contribution in [3.63, 3.8) is 0 Å². The number of carbonyl (C=O) groups excluding carboxylic acids is 1. The van der Waals surface area contributed by atoms with Crippen LogP contribution in [-0.4, -0.2) is 37.4 Å². The molecular formula is C17H25NO2. The predicted molar refractivity (Wildman–Crippen MR) is 81.3 cm³/mol. The van der Waals surface area contributed by atoms with Gasteiger partial charge in [-0.3, -0.25) is 9.69 Å². The van der Waals surface area contributed by atoms with E-state index in [-0.39, 0.29) is 5.78 Å². The molecule has 1 fully saturated rings. The topological polar surface area (TPSA) is 29.5 Å². The van der Waals surface area contributed by atoms with Gasteiger partial charge in [0.1, 0.15) is 5.75 Å². The summed E-state index contributed by atoms with van der Waals surface area (Å²) in [6.07, 6.45) is 1.19. The summed E-state index contributed by atoms with van der Waals surface area (Å²) < 4.78 is 5.17. The number of rotatable bonds is 4. The van der Waals surface area contributed by atoms with E-state index in [1.165, 1.54) is 6.42 Å². The quantitative estimate of drug-likeness (QED) is 0.790. The molecule has 2 rings (SSSR count). The molecule has 0 N–H and O–H groups in total. The molecule has 1 unspecified atom stereocenters. The maximum absolute atomic E-state index is 12.3. The van der Waals surface area contributed by atoms with E-state index in [2.05, 4.69) is 25.7 Å². The lowest BCUT2D eigenvalue weighted by Crippen LogP contribution is -2.30. The van der Waals surface area contributed by atoms with Crippen molar-refractivity contribution in [3.05, 3.63) is 29.8 Å². The summed E-state index contributed by atoms with van der Waals surface area (Å²) >= 11 is 0. The number of hydrogen-bond donors (Lipinski definition) is 0. The number of nitrogens with zero attached hydrogens (tertiary/aromatic N) is 1. The van der Waals surface area contributed by atoms with Crippen LogP contribution in [0.15, 0.2) is 24.3 Å².